The van der Waals surface area contributed by atoms with Crippen LogP contribution in [0.1, 0.15) is 72.0 Å². The van der Waals surface area contributed by atoms with Gasteiger partial charge in [0.15, 0.2) is 5.78 Å². The second-order valence-electron chi connectivity index (χ2n) is 9.46. The number of hydrogen-bond acceptors (Lipinski definition) is 5. The molecule has 0 unspecified atom stereocenters. The fourth-order valence-electron chi connectivity index (χ4n) is 4.18. The van der Waals surface area contributed by atoms with Crippen LogP contribution in [0, 0.1) is 5.92 Å². The van der Waals surface area contributed by atoms with Crippen LogP contribution in [0.2, 0.25) is 0 Å². The van der Waals surface area contributed by atoms with Crippen molar-refractivity contribution in [3.05, 3.63) is 89.5 Å². The number of fused-ring (bicyclic) bond motifs is 1. The molecular formula is C30H32N4O2. The van der Waals surface area contributed by atoms with Crippen LogP contribution in [0.15, 0.2) is 67.1 Å². The molecule has 0 aliphatic rings. The third-order valence-electron chi connectivity index (χ3n) is 6.09. The van der Waals surface area contributed by atoms with Crippen LogP contribution in [-0.4, -0.2) is 33.2 Å². The number of carbonyl (C=O) groups excluding carboxylic acids is 2. The van der Waals surface area contributed by atoms with Crippen LogP contribution in [0.5, 0.6) is 0 Å². The van der Waals surface area contributed by atoms with E-state index in [9.17, 15) is 9.59 Å². The number of benzene rings is 2. The zero-order valence-electron chi connectivity index (χ0n) is 21.1. The lowest BCUT2D eigenvalue weighted by Crippen LogP contribution is -2.25. The van der Waals surface area contributed by atoms with Gasteiger partial charge < -0.3 is 5.32 Å². The summed E-state index contributed by atoms with van der Waals surface area (Å²) in [5.41, 5.74) is 5.41. The van der Waals surface area contributed by atoms with Gasteiger partial charge in [0.1, 0.15) is 5.69 Å². The third-order valence-corrected chi connectivity index (χ3v) is 6.09. The number of nitrogens with zero attached hydrogens (tertiary/aromatic N) is 3. The highest BCUT2D eigenvalue weighted by molar-refractivity contribution is 6.02. The Kier molecular flexibility index (Phi) is 8.16. The molecule has 2 heterocycles. The van der Waals surface area contributed by atoms with Crippen molar-refractivity contribution in [3.63, 3.8) is 0 Å². The number of Topliss-reactive ketones (excluding diaryl/α,β-unsaturated/α-hetero) is 1. The predicted octanol–water partition coefficient (Wildman–Crippen LogP) is 6.04. The van der Waals surface area contributed by atoms with E-state index in [1.165, 1.54) is 6.20 Å². The molecular weight excluding hydrogens is 448 g/mol. The monoisotopic (exact) mass is 480 g/mol. The summed E-state index contributed by atoms with van der Waals surface area (Å²) in [6, 6.07) is 16.1. The summed E-state index contributed by atoms with van der Waals surface area (Å²) in [4.78, 5) is 38.9. The van der Waals surface area contributed by atoms with E-state index < -0.39 is 0 Å². The molecule has 0 saturated heterocycles. The maximum absolute atomic E-state index is 13.2. The zero-order chi connectivity index (χ0) is 25.5. The quantitative estimate of drug-likeness (QED) is 0.221. The molecule has 4 rings (SSSR count). The zero-order valence-corrected chi connectivity index (χ0v) is 21.1. The van der Waals surface area contributed by atoms with Gasteiger partial charge in [-0.3, -0.25) is 19.6 Å². The summed E-state index contributed by atoms with van der Waals surface area (Å²) in [5.74, 6) is 0.148. The fraction of sp³-hybridized carbons (Fsp3) is 0.300. The molecule has 0 aliphatic heterocycles. The molecule has 0 fully saturated rings. The van der Waals surface area contributed by atoms with E-state index in [0.29, 0.717) is 36.3 Å². The fourth-order valence-corrected chi connectivity index (χ4v) is 4.18. The van der Waals surface area contributed by atoms with Crippen molar-refractivity contribution >= 4 is 22.6 Å². The minimum atomic E-state index is -0.219. The molecule has 2 aromatic carbocycles. The molecule has 0 spiro atoms. The van der Waals surface area contributed by atoms with Crippen molar-refractivity contribution in [1.82, 2.24) is 20.3 Å². The van der Waals surface area contributed by atoms with Crippen molar-refractivity contribution in [2.75, 3.05) is 6.54 Å². The Morgan fingerprint density at radius 2 is 1.75 bits per heavy atom. The number of aromatic nitrogens is 3. The van der Waals surface area contributed by atoms with Gasteiger partial charge in [-0.2, -0.15) is 0 Å². The molecule has 2 aromatic heterocycles. The van der Waals surface area contributed by atoms with Crippen molar-refractivity contribution in [2.24, 2.45) is 5.92 Å². The highest BCUT2D eigenvalue weighted by Crippen LogP contribution is 2.29. The smallest absolute Gasteiger partial charge is 0.271 e. The minimum Gasteiger partial charge on any atom is -0.351 e. The van der Waals surface area contributed by atoms with Crippen LogP contribution < -0.4 is 5.32 Å². The minimum absolute atomic E-state index is 0.106. The Morgan fingerprint density at radius 3 is 2.44 bits per heavy atom. The highest BCUT2D eigenvalue weighted by Gasteiger charge is 2.18. The number of ketones is 1. The second-order valence-corrected chi connectivity index (χ2v) is 9.46. The first-order valence-corrected chi connectivity index (χ1v) is 12.6. The number of nitrogens with one attached hydrogen (secondary N) is 1. The number of pyridine rings is 1. The highest BCUT2D eigenvalue weighted by atomic mass is 16.2. The molecule has 4 aromatic rings. The summed E-state index contributed by atoms with van der Waals surface area (Å²) in [6.07, 6.45) is 7.89. The Balaban J connectivity index is 1.72. The van der Waals surface area contributed by atoms with Crippen molar-refractivity contribution in [1.29, 1.82) is 0 Å². The van der Waals surface area contributed by atoms with Crippen LogP contribution in [0.4, 0.5) is 0 Å². The van der Waals surface area contributed by atoms with E-state index in [-0.39, 0.29) is 17.6 Å². The molecule has 0 atom stereocenters. The van der Waals surface area contributed by atoms with Gasteiger partial charge >= 0.3 is 0 Å². The summed E-state index contributed by atoms with van der Waals surface area (Å²) in [7, 11) is 0. The lowest BCUT2D eigenvalue weighted by Gasteiger charge is -2.14. The Morgan fingerprint density at radius 1 is 0.944 bits per heavy atom. The summed E-state index contributed by atoms with van der Waals surface area (Å²) < 4.78 is 0. The summed E-state index contributed by atoms with van der Waals surface area (Å²) in [5, 5.41) is 3.79. The standard InChI is InChI=1S/C30H32N4O2/c1-4-5-13-31-30(36)28-19-33-27(18-34-28)22-11-12-26-24(16-22)23(15-21-9-7-6-8-10-21)25(17-32-26)29(35)14-20(2)3/h6-12,16-20H,4-5,13-15H2,1-3H3,(H,31,36). The van der Waals surface area contributed by atoms with Crippen LogP contribution in [0.3, 0.4) is 0 Å². The predicted molar refractivity (Wildman–Crippen MR) is 143 cm³/mol. The first-order chi connectivity index (χ1) is 17.5. The Hall–Kier alpha value is -3.93. The lowest BCUT2D eigenvalue weighted by molar-refractivity contribution is 0.0944. The Labute approximate surface area is 212 Å². The van der Waals surface area contributed by atoms with Crippen molar-refractivity contribution < 1.29 is 9.59 Å². The SMILES string of the molecule is CCCCNC(=O)c1cnc(-c2ccc3ncc(C(=O)CC(C)C)c(Cc4ccccc4)c3c2)cn1. The van der Waals surface area contributed by atoms with Crippen LogP contribution in [-0.2, 0) is 6.42 Å². The Bertz CT molecular complexity index is 1350. The number of amides is 1. The molecule has 184 valence electrons. The average Bonchev–Trinajstić information content (AvgIpc) is 2.89. The lowest BCUT2D eigenvalue weighted by atomic mass is 9.91. The van der Waals surface area contributed by atoms with Gasteiger partial charge in [0, 0.05) is 35.7 Å². The number of carbonyl (C=O) groups is 2. The van der Waals surface area contributed by atoms with E-state index in [4.69, 9.17) is 0 Å². The van der Waals surface area contributed by atoms with Crippen molar-refractivity contribution in [3.8, 4) is 11.3 Å². The number of hydrogen-bond donors (Lipinski definition) is 1. The molecule has 0 aliphatic carbocycles. The van der Waals surface area contributed by atoms with E-state index in [0.717, 1.165) is 40.4 Å². The van der Waals surface area contributed by atoms with E-state index in [1.54, 1.807) is 12.4 Å². The summed E-state index contributed by atoms with van der Waals surface area (Å²) >= 11 is 0. The maximum Gasteiger partial charge on any atom is 0.271 e. The maximum atomic E-state index is 13.2. The van der Waals surface area contributed by atoms with Gasteiger partial charge in [0.2, 0.25) is 0 Å². The van der Waals surface area contributed by atoms with Crippen LogP contribution in [0.25, 0.3) is 22.2 Å². The van der Waals surface area contributed by atoms with Gasteiger partial charge in [-0.15, -0.1) is 0 Å². The molecule has 6 heteroatoms. The second kappa shape index (κ2) is 11.7. The largest absolute Gasteiger partial charge is 0.351 e. The van der Waals surface area contributed by atoms with E-state index in [2.05, 4.69) is 39.3 Å². The molecule has 0 radical (unpaired) electrons. The van der Waals surface area contributed by atoms with Crippen LogP contribution >= 0.6 is 0 Å². The molecule has 1 amide bonds. The number of rotatable bonds is 10. The van der Waals surface area contributed by atoms with Gasteiger partial charge in [0.25, 0.3) is 5.91 Å². The number of unbranched alkanes of at least 4 members (excludes halogenated alkanes) is 1. The van der Waals surface area contributed by atoms with Gasteiger partial charge in [0.05, 0.1) is 23.6 Å². The normalized spacial score (nSPS) is 11.1. The van der Waals surface area contributed by atoms with Gasteiger partial charge in [-0.1, -0.05) is 63.6 Å². The first kappa shape index (κ1) is 25.2. The van der Waals surface area contributed by atoms with E-state index in [1.807, 2.05) is 50.2 Å². The van der Waals surface area contributed by atoms with Gasteiger partial charge in [-0.25, -0.2) is 4.98 Å². The van der Waals surface area contributed by atoms with Crippen molar-refractivity contribution in [2.45, 2.75) is 46.5 Å². The molecule has 0 bridgehead atoms. The van der Waals surface area contributed by atoms with Gasteiger partial charge in [-0.05, 0) is 42.0 Å². The topological polar surface area (TPSA) is 84.8 Å². The third kappa shape index (κ3) is 6.00. The molecule has 36 heavy (non-hydrogen) atoms. The molecule has 1 N–H and O–H groups in total. The summed E-state index contributed by atoms with van der Waals surface area (Å²) in [6.45, 7) is 6.80. The first-order valence-electron chi connectivity index (χ1n) is 12.6. The molecule has 0 saturated carbocycles. The molecule has 6 nitrogen and oxygen atoms in total. The average molecular weight is 481 g/mol. The van der Waals surface area contributed by atoms with E-state index >= 15 is 0 Å².